The number of aromatic nitrogens is 1. The van der Waals surface area contributed by atoms with E-state index < -0.39 is 0 Å². The van der Waals surface area contributed by atoms with Crippen LogP contribution in [0.1, 0.15) is 16.7 Å². The summed E-state index contributed by atoms with van der Waals surface area (Å²) in [5.74, 6) is 1.57. The van der Waals surface area contributed by atoms with Gasteiger partial charge in [-0.3, -0.25) is 0 Å². The normalized spacial score (nSPS) is 10.7. The van der Waals surface area contributed by atoms with Gasteiger partial charge in [0.25, 0.3) is 0 Å². The van der Waals surface area contributed by atoms with Crippen molar-refractivity contribution in [2.75, 3.05) is 0 Å². The first-order chi connectivity index (χ1) is 13.3. The van der Waals surface area contributed by atoms with Crippen LogP contribution in [-0.4, -0.2) is 4.98 Å². The zero-order valence-electron chi connectivity index (χ0n) is 15.0. The molecule has 0 fully saturated rings. The first kappa shape index (κ1) is 17.0. The van der Waals surface area contributed by atoms with Gasteiger partial charge in [0.1, 0.15) is 24.7 Å². The third-order valence-corrected chi connectivity index (χ3v) is 4.44. The third-order valence-electron chi connectivity index (χ3n) is 4.44. The molecule has 4 rings (SSSR count). The molecule has 27 heavy (non-hydrogen) atoms. The number of hydrogen-bond donors (Lipinski definition) is 1. The van der Waals surface area contributed by atoms with Crippen molar-refractivity contribution in [3.05, 3.63) is 102 Å². The van der Waals surface area contributed by atoms with Crippen LogP contribution in [0.5, 0.6) is 11.5 Å². The number of ether oxygens (including phenoxy) is 2. The molecule has 0 unspecified atom stereocenters. The summed E-state index contributed by atoms with van der Waals surface area (Å²) in [7, 11) is 0. The van der Waals surface area contributed by atoms with Gasteiger partial charge in [0.2, 0.25) is 0 Å². The van der Waals surface area contributed by atoms with Gasteiger partial charge in [0.05, 0.1) is 10.9 Å². The van der Waals surface area contributed by atoms with E-state index in [4.69, 9.17) is 9.47 Å². The van der Waals surface area contributed by atoms with Crippen molar-refractivity contribution in [1.82, 2.24) is 4.98 Å². The molecule has 0 saturated heterocycles. The summed E-state index contributed by atoms with van der Waals surface area (Å²) in [4.78, 5) is 3.28. The first-order valence-corrected chi connectivity index (χ1v) is 8.94. The average Bonchev–Trinajstić information content (AvgIpc) is 3.15. The van der Waals surface area contributed by atoms with E-state index in [1.54, 1.807) is 0 Å². The lowest BCUT2D eigenvalue weighted by Gasteiger charge is -2.11. The maximum atomic E-state index is 6.15. The van der Waals surface area contributed by atoms with E-state index in [0.717, 1.165) is 39.1 Å². The predicted octanol–water partition coefficient (Wildman–Crippen LogP) is 5.97. The van der Waals surface area contributed by atoms with Crippen LogP contribution >= 0.6 is 0 Å². The summed E-state index contributed by atoms with van der Waals surface area (Å²) in [6, 6.07) is 24.3. The van der Waals surface area contributed by atoms with Gasteiger partial charge in [-0.1, -0.05) is 73.3 Å². The fourth-order valence-corrected chi connectivity index (χ4v) is 3.04. The highest BCUT2D eigenvalue weighted by Crippen LogP contribution is 2.36. The summed E-state index contributed by atoms with van der Waals surface area (Å²) in [6.07, 6.45) is 3.70. The smallest absolute Gasteiger partial charge is 0.148 e. The number of aromatic amines is 1. The van der Waals surface area contributed by atoms with Crippen molar-refractivity contribution in [2.24, 2.45) is 0 Å². The Morgan fingerprint density at radius 2 is 1.37 bits per heavy atom. The highest BCUT2D eigenvalue weighted by Gasteiger charge is 2.13. The molecule has 0 aliphatic carbocycles. The van der Waals surface area contributed by atoms with E-state index in [0.29, 0.717) is 13.2 Å². The zero-order chi connectivity index (χ0) is 18.5. The molecule has 3 heteroatoms. The summed E-state index contributed by atoms with van der Waals surface area (Å²) in [5, 5.41) is 0.951. The Bertz CT molecular complexity index is 1040. The van der Waals surface area contributed by atoms with Crippen LogP contribution in [0.25, 0.3) is 17.0 Å². The Hall–Kier alpha value is -3.46. The van der Waals surface area contributed by atoms with Crippen LogP contribution in [0, 0.1) is 0 Å². The van der Waals surface area contributed by atoms with E-state index in [9.17, 15) is 0 Å². The minimum Gasteiger partial charge on any atom is -0.488 e. The van der Waals surface area contributed by atoms with Crippen LogP contribution in [0.4, 0.5) is 0 Å². The number of nitrogens with one attached hydrogen (secondary N) is 1. The maximum Gasteiger partial charge on any atom is 0.148 e. The van der Waals surface area contributed by atoms with Crippen molar-refractivity contribution >= 4 is 17.0 Å². The van der Waals surface area contributed by atoms with Crippen molar-refractivity contribution in [3.8, 4) is 11.5 Å². The van der Waals surface area contributed by atoms with Gasteiger partial charge in [-0.05, 0) is 28.8 Å². The minimum atomic E-state index is 0.500. The van der Waals surface area contributed by atoms with E-state index in [2.05, 4.69) is 35.8 Å². The molecule has 134 valence electrons. The molecule has 1 heterocycles. The molecule has 1 N–H and O–H groups in total. The molecule has 0 radical (unpaired) electrons. The SMILES string of the molecule is C=Cc1cc(OCc2ccccc2)c2c(OCc3ccccc3)c[nH]c2c1. The lowest BCUT2D eigenvalue weighted by molar-refractivity contribution is 0.298. The third kappa shape index (κ3) is 3.87. The van der Waals surface area contributed by atoms with E-state index in [-0.39, 0.29) is 0 Å². The van der Waals surface area contributed by atoms with Crippen LogP contribution in [0.15, 0.2) is 85.6 Å². The van der Waals surface area contributed by atoms with Crippen molar-refractivity contribution in [1.29, 1.82) is 0 Å². The number of hydrogen-bond acceptors (Lipinski definition) is 2. The molecule has 0 saturated carbocycles. The Balaban J connectivity index is 1.63. The molecule has 0 atom stereocenters. The van der Waals surface area contributed by atoms with Crippen molar-refractivity contribution in [2.45, 2.75) is 13.2 Å². The van der Waals surface area contributed by atoms with Crippen LogP contribution in [0.3, 0.4) is 0 Å². The molecule has 0 spiro atoms. The van der Waals surface area contributed by atoms with Gasteiger partial charge in [-0.15, -0.1) is 0 Å². The fraction of sp³-hybridized carbons (Fsp3) is 0.0833. The number of H-pyrrole nitrogens is 1. The Labute approximate surface area is 158 Å². The average molecular weight is 355 g/mol. The van der Waals surface area contributed by atoms with Crippen LogP contribution in [0.2, 0.25) is 0 Å². The number of rotatable bonds is 7. The molecule has 0 amide bonds. The maximum absolute atomic E-state index is 6.15. The summed E-state index contributed by atoms with van der Waals surface area (Å²) in [6.45, 7) is 4.89. The topological polar surface area (TPSA) is 34.2 Å². The molecule has 3 aromatic carbocycles. The molecule has 1 aromatic heterocycles. The van der Waals surface area contributed by atoms with Gasteiger partial charge in [-0.25, -0.2) is 0 Å². The monoisotopic (exact) mass is 355 g/mol. The Morgan fingerprint density at radius 3 is 1.96 bits per heavy atom. The quantitative estimate of drug-likeness (QED) is 0.443. The second-order valence-electron chi connectivity index (χ2n) is 6.35. The fourth-order valence-electron chi connectivity index (χ4n) is 3.04. The molecular formula is C24H21NO2. The van der Waals surface area contributed by atoms with Gasteiger partial charge < -0.3 is 14.5 Å². The van der Waals surface area contributed by atoms with Gasteiger partial charge >= 0.3 is 0 Å². The Kier molecular flexibility index (Phi) is 4.93. The van der Waals surface area contributed by atoms with Gasteiger partial charge in [0.15, 0.2) is 0 Å². The molecule has 3 nitrogen and oxygen atoms in total. The molecule has 0 aliphatic rings. The summed E-state index contributed by atoms with van der Waals surface area (Å²) >= 11 is 0. The van der Waals surface area contributed by atoms with Crippen LogP contribution in [-0.2, 0) is 13.2 Å². The summed E-state index contributed by atoms with van der Waals surface area (Å²) < 4.78 is 12.2. The van der Waals surface area contributed by atoms with Gasteiger partial charge in [-0.2, -0.15) is 0 Å². The molecule has 0 bridgehead atoms. The molecular weight excluding hydrogens is 334 g/mol. The Morgan fingerprint density at radius 1 is 0.778 bits per heavy atom. The number of fused-ring (bicyclic) bond motifs is 1. The number of benzene rings is 3. The summed E-state index contributed by atoms with van der Waals surface area (Å²) in [5.41, 5.74) is 4.22. The highest BCUT2D eigenvalue weighted by molar-refractivity contribution is 5.93. The highest BCUT2D eigenvalue weighted by atomic mass is 16.5. The molecule has 4 aromatic rings. The van der Waals surface area contributed by atoms with E-state index >= 15 is 0 Å². The van der Waals surface area contributed by atoms with E-state index in [1.165, 1.54) is 0 Å². The van der Waals surface area contributed by atoms with Crippen molar-refractivity contribution < 1.29 is 9.47 Å². The standard InChI is InChI=1S/C24H21NO2/c1-2-18-13-21-24(22(14-18)26-16-19-9-5-3-6-10-19)23(15-25-21)27-17-20-11-7-4-8-12-20/h2-15,25H,1,16-17H2. The largest absolute Gasteiger partial charge is 0.488 e. The lowest BCUT2D eigenvalue weighted by Crippen LogP contribution is -1.98. The van der Waals surface area contributed by atoms with E-state index in [1.807, 2.05) is 60.8 Å². The molecule has 0 aliphatic heterocycles. The minimum absolute atomic E-state index is 0.500. The van der Waals surface area contributed by atoms with Gasteiger partial charge in [0, 0.05) is 6.20 Å². The second-order valence-corrected chi connectivity index (χ2v) is 6.35. The van der Waals surface area contributed by atoms with Crippen LogP contribution < -0.4 is 9.47 Å². The predicted molar refractivity (Wildman–Crippen MR) is 110 cm³/mol. The first-order valence-electron chi connectivity index (χ1n) is 8.94. The zero-order valence-corrected chi connectivity index (χ0v) is 15.0. The second kappa shape index (κ2) is 7.83. The van der Waals surface area contributed by atoms with Crippen molar-refractivity contribution in [3.63, 3.8) is 0 Å². The lowest BCUT2D eigenvalue weighted by atomic mass is 10.1.